The lowest BCUT2D eigenvalue weighted by atomic mass is 10.1. The molecule has 0 aliphatic carbocycles. The number of carbonyl (C=O) groups excluding carboxylic acids is 2. The Morgan fingerprint density at radius 3 is 2.00 bits per heavy atom. The molecule has 6 nitrogen and oxygen atoms in total. The zero-order valence-corrected chi connectivity index (χ0v) is 16.1. The SMILES string of the molecule is CC(=O)c1ccc(NC(=O)CN(c2cc(C)cc(C)c2)S(C)(=O)=O)cc1. The second kappa shape index (κ2) is 7.70. The highest BCUT2D eigenvalue weighted by atomic mass is 32.2. The predicted octanol–water partition coefficient (Wildman–Crippen LogP) is 2.91. The van der Waals surface area contributed by atoms with E-state index in [1.54, 1.807) is 36.4 Å². The van der Waals surface area contributed by atoms with Gasteiger partial charge in [0.05, 0.1) is 11.9 Å². The molecule has 0 unspecified atom stereocenters. The number of benzene rings is 2. The Morgan fingerprint density at radius 2 is 1.54 bits per heavy atom. The van der Waals surface area contributed by atoms with Gasteiger partial charge in [-0.2, -0.15) is 0 Å². The summed E-state index contributed by atoms with van der Waals surface area (Å²) in [5.74, 6) is -0.536. The van der Waals surface area contributed by atoms with E-state index >= 15 is 0 Å². The second-order valence-electron chi connectivity index (χ2n) is 6.30. The lowest BCUT2D eigenvalue weighted by Crippen LogP contribution is -2.37. The minimum absolute atomic E-state index is 0.0686. The highest BCUT2D eigenvalue weighted by Gasteiger charge is 2.21. The Labute approximate surface area is 153 Å². The standard InChI is InChI=1S/C19H22N2O4S/c1-13-9-14(2)11-18(10-13)21(26(4,24)25)12-19(23)20-17-7-5-16(6-8-17)15(3)22/h5-11H,12H2,1-4H3,(H,20,23). The van der Waals surface area contributed by atoms with Gasteiger partial charge >= 0.3 is 0 Å². The van der Waals surface area contributed by atoms with E-state index < -0.39 is 15.9 Å². The second-order valence-corrected chi connectivity index (χ2v) is 8.20. The Bertz CT molecular complexity index is 914. The minimum Gasteiger partial charge on any atom is -0.325 e. The molecular weight excluding hydrogens is 352 g/mol. The first-order chi connectivity index (χ1) is 12.1. The molecule has 2 rings (SSSR count). The number of rotatable bonds is 6. The van der Waals surface area contributed by atoms with E-state index in [1.807, 2.05) is 19.9 Å². The van der Waals surface area contributed by atoms with Gasteiger partial charge in [-0.05, 0) is 68.3 Å². The van der Waals surface area contributed by atoms with Crippen LogP contribution in [0.2, 0.25) is 0 Å². The topological polar surface area (TPSA) is 83.6 Å². The summed E-state index contributed by atoms with van der Waals surface area (Å²) < 4.78 is 25.4. The molecule has 0 fully saturated rings. The minimum atomic E-state index is -3.63. The summed E-state index contributed by atoms with van der Waals surface area (Å²) in [5, 5.41) is 2.65. The monoisotopic (exact) mass is 374 g/mol. The van der Waals surface area contributed by atoms with Gasteiger partial charge in [0.2, 0.25) is 15.9 Å². The van der Waals surface area contributed by atoms with Crippen molar-refractivity contribution >= 4 is 33.1 Å². The van der Waals surface area contributed by atoms with Crippen molar-refractivity contribution in [3.05, 3.63) is 59.2 Å². The maximum atomic E-state index is 12.3. The highest BCUT2D eigenvalue weighted by Crippen LogP contribution is 2.21. The molecule has 26 heavy (non-hydrogen) atoms. The maximum absolute atomic E-state index is 12.3. The van der Waals surface area contributed by atoms with E-state index in [2.05, 4.69) is 5.32 Å². The van der Waals surface area contributed by atoms with Crippen molar-refractivity contribution in [3.63, 3.8) is 0 Å². The van der Waals surface area contributed by atoms with Crippen molar-refractivity contribution in [2.24, 2.45) is 0 Å². The number of Topliss-reactive ketones (excluding diaryl/α,β-unsaturated/α-hetero) is 1. The molecule has 1 N–H and O–H groups in total. The molecule has 1 amide bonds. The first kappa shape index (κ1) is 19.7. The van der Waals surface area contributed by atoms with Gasteiger partial charge < -0.3 is 5.32 Å². The molecule has 0 aliphatic heterocycles. The van der Waals surface area contributed by atoms with Crippen LogP contribution < -0.4 is 9.62 Å². The molecule has 0 aliphatic rings. The molecule has 2 aromatic rings. The molecule has 0 saturated heterocycles. The number of aryl methyl sites for hydroxylation is 2. The summed E-state index contributed by atoms with van der Waals surface area (Å²) in [7, 11) is -3.63. The van der Waals surface area contributed by atoms with Crippen LogP contribution in [0.5, 0.6) is 0 Å². The summed E-state index contributed by atoms with van der Waals surface area (Å²) in [6.07, 6.45) is 1.07. The predicted molar refractivity (Wildman–Crippen MR) is 103 cm³/mol. The quantitative estimate of drug-likeness (QED) is 0.788. The van der Waals surface area contributed by atoms with Gasteiger partial charge in [0, 0.05) is 11.3 Å². The van der Waals surface area contributed by atoms with Gasteiger partial charge in [0.1, 0.15) is 6.54 Å². The fourth-order valence-electron chi connectivity index (χ4n) is 2.61. The van der Waals surface area contributed by atoms with Crippen LogP contribution in [0.1, 0.15) is 28.4 Å². The van der Waals surface area contributed by atoms with E-state index in [1.165, 1.54) is 6.92 Å². The molecule has 0 radical (unpaired) electrons. The summed E-state index contributed by atoms with van der Waals surface area (Å²) in [4.78, 5) is 23.6. The Morgan fingerprint density at radius 1 is 1.00 bits per heavy atom. The van der Waals surface area contributed by atoms with E-state index in [-0.39, 0.29) is 12.3 Å². The average Bonchev–Trinajstić information content (AvgIpc) is 2.51. The fourth-order valence-corrected chi connectivity index (χ4v) is 3.45. The number of nitrogens with one attached hydrogen (secondary N) is 1. The van der Waals surface area contributed by atoms with E-state index in [9.17, 15) is 18.0 Å². The van der Waals surface area contributed by atoms with Crippen LogP contribution in [0.4, 0.5) is 11.4 Å². The van der Waals surface area contributed by atoms with E-state index in [0.717, 1.165) is 21.7 Å². The van der Waals surface area contributed by atoms with Crippen molar-refractivity contribution in [1.82, 2.24) is 0 Å². The number of anilines is 2. The van der Waals surface area contributed by atoms with Gasteiger partial charge in [-0.25, -0.2) is 8.42 Å². The molecule has 0 spiro atoms. The first-order valence-corrected chi connectivity index (χ1v) is 9.88. The van der Waals surface area contributed by atoms with Gasteiger partial charge in [-0.1, -0.05) is 6.07 Å². The van der Waals surface area contributed by atoms with Crippen LogP contribution in [-0.4, -0.2) is 32.9 Å². The van der Waals surface area contributed by atoms with Gasteiger partial charge in [-0.15, -0.1) is 0 Å². The number of ketones is 1. The molecule has 0 saturated carbocycles. The Kier molecular flexibility index (Phi) is 5.82. The van der Waals surface area contributed by atoms with Crippen LogP contribution in [0, 0.1) is 13.8 Å². The van der Waals surface area contributed by atoms with Crippen molar-refractivity contribution in [2.75, 3.05) is 22.4 Å². The van der Waals surface area contributed by atoms with Crippen LogP contribution >= 0.6 is 0 Å². The molecule has 138 valence electrons. The van der Waals surface area contributed by atoms with Gasteiger partial charge in [0.25, 0.3) is 0 Å². The average molecular weight is 374 g/mol. The summed E-state index contributed by atoms with van der Waals surface area (Å²) in [6.45, 7) is 4.86. The zero-order valence-electron chi connectivity index (χ0n) is 15.2. The van der Waals surface area contributed by atoms with Crippen LogP contribution in [0.3, 0.4) is 0 Å². The van der Waals surface area contributed by atoms with Crippen molar-refractivity contribution < 1.29 is 18.0 Å². The van der Waals surface area contributed by atoms with Crippen molar-refractivity contribution in [3.8, 4) is 0 Å². The van der Waals surface area contributed by atoms with Crippen LogP contribution in [0.25, 0.3) is 0 Å². The third-order valence-electron chi connectivity index (χ3n) is 3.76. The number of sulfonamides is 1. The largest absolute Gasteiger partial charge is 0.325 e. The van der Waals surface area contributed by atoms with Crippen molar-refractivity contribution in [2.45, 2.75) is 20.8 Å². The molecule has 7 heteroatoms. The number of amides is 1. The molecule has 2 aromatic carbocycles. The maximum Gasteiger partial charge on any atom is 0.245 e. The number of carbonyl (C=O) groups is 2. The van der Waals surface area contributed by atoms with Crippen LogP contribution in [0.15, 0.2) is 42.5 Å². The third-order valence-corrected chi connectivity index (χ3v) is 4.90. The molecule has 0 aromatic heterocycles. The van der Waals surface area contributed by atoms with Gasteiger partial charge in [0.15, 0.2) is 5.78 Å². The normalized spacial score (nSPS) is 11.1. The fraction of sp³-hybridized carbons (Fsp3) is 0.263. The number of hydrogen-bond acceptors (Lipinski definition) is 4. The Hall–Kier alpha value is -2.67. The summed E-state index contributed by atoms with van der Waals surface area (Å²) >= 11 is 0. The van der Waals surface area contributed by atoms with Gasteiger partial charge in [-0.3, -0.25) is 13.9 Å². The number of hydrogen-bond donors (Lipinski definition) is 1. The molecule has 0 heterocycles. The molecule has 0 atom stereocenters. The first-order valence-electron chi connectivity index (χ1n) is 8.03. The summed E-state index contributed by atoms with van der Waals surface area (Å²) in [6, 6.07) is 11.8. The lowest BCUT2D eigenvalue weighted by molar-refractivity contribution is -0.114. The molecule has 0 bridgehead atoms. The molecular formula is C19H22N2O4S. The Balaban J connectivity index is 2.20. The number of nitrogens with zero attached hydrogens (tertiary/aromatic N) is 1. The zero-order chi connectivity index (χ0) is 19.5. The third kappa shape index (κ3) is 5.16. The summed E-state index contributed by atoms with van der Waals surface area (Å²) in [5.41, 5.74) is 3.31. The highest BCUT2D eigenvalue weighted by molar-refractivity contribution is 7.92. The van der Waals surface area contributed by atoms with E-state index in [0.29, 0.717) is 16.9 Å². The van der Waals surface area contributed by atoms with Crippen LogP contribution in [-0.2, 0) is 14.8 Å². The van der Waals surface area contributed by atoms with E-state index in [4.69, 9.17) is 0 Å². The lowest BCUT2D eigenvalue weighted by Gasteiger charge is -2.22. The van der Waals surface area contributed by atoms with Crippen molar-refractivity contribution in [1.29, 1.82) is 0 Å². The smallest absolute Gasteiger partial charge is 0.245 e.